The predicted molar refractivity (Wildman–Crippen MR) is 123 cm³/mol. The van der Waals surface area contributed by atoms with Crippen LogP contribution in [-0.4, -0.2) is 36.7 Å². The summed E-state index contributed by atoms with van der Waals surface area (Å²) in [7, 11) is -3.88. The monoisotopic (exact) mass is 467 g/mol. The van der Waals surface area contributed by atoms with E-state index in [2.05, 4.69) is 16.4 Å². The van der Waals surface area contributed by atoms with E-state index in [1.54, 1.807) is 0 Å². The number of nitriles is 2. The molecule has 0 aliphatic rings. The highest BCUT2D eigenvalue weighted by Gasteiger charge is 2.24. The number of thiazole rings is 1. The maximum Gasteiger partial charge on any atom is 0.257 e. The van der Waals surface area contributed by atoms with E-state index in [9.17, 15) is 13.2 Å². The van der Waals surface area contributed by atoms with E-state index in [4.69, 9.17) is 10.5 Å². The molecule has 0 saturated carbocycles. The Hall–Kier alpha value is -3.31. The van der Waals surface area contributed by atoms with Crippen LogP contribution in [0.25, 0.3) is 10.2 Å². The molecule has 0 saturated heterocycles. The van der Waals surface area contributed by atoms with Crippen LogP contribution in [0.2, 0.25) is 0 Å². The fourth-order valence-corrected chi connectivity index (χ4v) is 5.58. The number of carbonyl (C=O) groups is 1. The van der Waals surface area contributed by atoms with Gasteiger partial charge in [0.25, 0.3) is 5.91 Å². The predicted octanol–water partition coefficient (Wildman–Crippen LogP) is 3.98. The minimum atomic E-state index is -3.88. The summed E-state index contributed by atoms with van der Waals surface area (Å²) >= 11 is 1.38. The number of rotatable bonds is 8. The number of nitrogens with zero attached hydrogens (tertiary/aromatic N) is 4. The normalized spacial score (nSPS) is 11.3. The average molecular weight is 468 g/mol. The molecular formula is C22H21N5O3S2. The highest BCUT2D eigenvalue weighted by Crippen LogP contribution is 2.30. The maximum absolute atomic E-state index is 12.9. The van der Waals surface area contributed by atoms with Crippen molar-refractivity contribution in [1.29, 1.82) is 10.5 Å². The first-order chi connectivity index (χ1) is 15.3. The van der Waals surface area contributed by atoms with E-state index >= 15 is 0 Å². The molecule has 1 heterocycles. The van der Waals surface area contributed by atoms with Crippen molar-refractivity contribution in [2.45, 2.75) is 31.6 Å². The van der Waals surface area contributed by atoms with Crippen molar-refractivity contribution in [3.05, 3.63) is 53.1 Å². The molecule has 1 amide bonds. The molecule has 0 aliphatic carbocycles. The molecule has 32 heavy (non-hydrogen) atoms. The Balaban J connectivity index is 1.78. The van der Waals surface area contributed by atoms with Gasteiger partial charge in [0.1, 0.15) is 0 Å². The van der Waals surface area contributed by atoms with E-state index in [1.807, 2.05) is 32.1 Å². The van der Waals surface area contributed by atoms with Gasteiger partial charge in [0.05, 0.1) is 27.3 Å². The molecule has 10 heteroatoms. The zero-order valence-electron chi connectivity index (χ0n) is 17.6. The zero-order valence-corrected chi connectivity index (χ0v) is 19.3. The summed E-state index contributed by atoms with van der Waals surface area (Å²) in [4.78, 5) is 17.1. The molecular weight excluding hydrogens is 446 g/mol. The van der Waals surface area contributed by atoms with Crippen molar-refractivity contribution in [3.63, 3.8) is 0 Å². The Kier molecular flexibility index (Phi) is 7.21. The zero-order chi connectivity index (χ0) is 23.3. The summed E-state index contributed by atoms with van der Waals surface area (Å²) in [5.74, 6) is -0.395. The van der Waals surface area contributed by atoms with Crippen LogP contribution < -0.4 is 5.32 Å². The fourth-order valence-electron chi connectivity index (χ4n) is 3.23. The number of anilines is 1. The van der Waals surface area contributed by atoms with Crippen molar-refractivity contribution in [2.24, 2.45) is 0 Å². The first-order valence-corrected chi connectivity index (χ1v) is 12.0. The molecule has 164 valence electrons. The standard InChI is InChI=1S/C22H21N5O3S2/c1-15-13-16(2)20-19(14-15)25-22(31-20)26-21(28)17-5-7-18(8-6-17)32(29,30)27(11-3-9-23)12-4-10-24/h5-8,13-14H,3-4,11-12H2,1-2H3,(H,25,26,28). The lowest BCUT2D eigenvalue weighted by Crippen LogP contribution is -2.32. The summed E-state index contributed by atoms with van der Waals surface area (Å²) in [6.07, 6.45) is 0.0403. The fraction of sp³-hybridized carbons (Fsp3) is 0.273. The van der Waals surface area contributed by atoms with Gasteiger partial charge < -0.3 is 0 Å². The number of carbonyl (C=O) groups excluding carboxylic acids is 1. The average Bonchev–Trinajstić information content (AvgIpc) is 3.16. The second-order valence-corrected chi connectivity index (χ2v) is 10.1. The third-order valence-electron chi connectivity index (χ3n) is 4.74. The molecule has 0 bridgehead atoms. The summed E-state index contributed by atoms with van der Waals surface area (Å²) < 4.78 is 27.9. The molecule has 0 fully saturated rings. The van der Waals surface area contributed by atoms with Gasteiger partial charge in [-0.05, 0) is 55.3 Å². The molecule has 0 atom stereocenters. The van der Waals surface area contributed by atoms with E-state index in [1.165, 1.54) is 35.6 Å². The molecule has 0 unspecified atom stereocenters. The number of hydrogen-bond acceptors (Lipinski definition) is 7. The van der Waals surface area contributed by atoms with Crippen molar-refractivity contribution in [3.8, 4) is 12.1 Å². The van der Waals surface area contributed by atoms with Crippen LogP contribution in [0.1, 0.15) is 34.3 Å². The number of amides is 1. The van der Waals surface area contributed by atoms with Crippen LogP contribution in [0, 0.1) is 36.5 Å². The molecule has 3 rings (SSSR count). The summed E-state index contributed by atoms with van der Waals surface area (Å²) in [5.41, 5.74) is 3.29. The lowest BCUT2D eigenvalue weighted by atomic mass is 10.1. The Labute approximate surface area is 190 Å². The Morgan fingerprint density at radius 3 is 2.31 bits per heavy atom. The number of nitrogens with one attached hydrogen (secondary N) is 1. The van der Waals surface area contributed by atoms with Crippen molar-refractivity contribution >= 4 is 42.6 Å². The van der Waals surface area contributed by atoms with Gasteiger partial charge in [-0.3, -0.25) is 10.1 Å². The second kappa shape index (κ2) is 9.88. The Morgan fingerprint density at radius 1 is 1.09 bits per heavy atom. The van der Waals surface area contributed by atoms with Crippen LogP contribution >= 0.6 is 11.3 Å². The molecule has 0 spiro atoms. The number of benzene rings is 2. The number of sulfonamides is 1. The van der Waals surface area contributed by atoms with Gasteiger partial charge in [-0.15, -0.1) is 0 Å². The molecule has 3 aromatic rings. The summed E-state index contributed by atoms with van der Waals surface area (Å²) in [5, 5.41) is 20.8. The third kappa shape index (κ3) is 5.11. The van der Waals surface area contributed by atoms with Crippen LogP contribution in [0.3, 0.4) is 0 Å². The third-order valence-corrected chi connectivity index (χ3v) is 7.78. The van der Waals surface area contributed by atoms with E-state index in [0.29, 0.717) is 5.13 Å². The van der Waals surface area contributed by atoms with Crippen LogP contribution in [0.4, 0.5) is 5.13 Å². The lowest BCUT2D eigenvalue weighted by molar-refractivity contribution is 0.102. The smallest absolute Gasteiger partial charge is 0.257 e. The first kappa shape index (κ1) is 23.4. The maximum atomic E-state index is 12.9. The van der Waals surface area contributed by atoms with Gasteiger partial charge in [-0.1, -0.05) is 17.4 Å². The second-order valence-electron chi connectivity index (χ2n) is 7.15. The first-order valence-electron chi connectivity index (χ1n) is 9.79. The molecule has 2 aromatic carbocycles. The van der Waals surface area contributed by atoms with E-state index in [0.717, 1.165) is 25.6 Å². The topological polar surface area (TPSA) is 127 Å². The summed E-state index contributed by atoms with van der Waals surface area (Å²) in [6, 6.07) is 13.4. The van der Waals surface area contributed by atoms with E-state index in [-0.39, 0.29) is 36.4 Å². The minimum Gasteiger partial charge on any atom is -0.298 e. The molecule has 8 nitrogen and oxygen atoms in total. The quantitative estimate of drug-likeness (QED) is 0.534. The molecule has 0 radical (unpaired) electrons. The largest absolute Gasteiger partial charge is 0.298 e. The Bertz CT molecular complexity index is 1310. The van der Waals surface area contributed by atoms with Gasteiger partial charge in [-0.25, -0.2) is 13.4 Å². The van der Waals surface area contributed by atoms with Crippen LogP contribution in [-0.2, 0) is 10.0 Å². The molecule has 1 N–H and O–H groups in total. The van der Waals surface area contributed by atoms with Gasteiger partial charge in [0.2, 0.25) is 10.0 Å². The highest BCUT2D eigenvalue weighted by molar-refractivity contribution is 7.89. The van der Waals surface area contributed by atoms with Gasteiger partial charge >= 0.3 is 0 Å². The number of hydrogen-bond donors (Lipinski definition) is 1. The highest BCUT2D eigenvalue weighted by atomic mass is 32.2. The van der Waals surface area contributed by atoms with Crippen LogP contribution in [0.5, 0.6) is 0 Å². The van der Waals surface area contributed by atoms with Crippen LogP contribution in [0.15, 0.2) is 41.3 Å². The number of aryl methyl sites for hydroxylation is 2. The van der Waals surface area contributed by atoms with Crippen molar-refractivity contribution in [2.75, 3.05) is 18.4 Å². The van der Waals surface area contributed by atoms with Gasteiger partial charge in [-0.2, -0.15) is 14.8 Å². The summed E-state index contributed by atoms with van der Waals surface area (Å²) in [6.45, 7) is 3.98. The SMILES string of the molecule is Cc1cc(C)c2sc(NC(=O)c3ccc(S(=O)(=O)N(CCC#N)CCC#N)cc3)nc2c1. The Morgan fingerprint density at radius 2 is 1.72 bits per heavy atom. The minimum absolute atomic E-state index is 0.000746. The number of fused-ring (bicyclic) bond motifs is 1. The van der Waals surface area contributed by atoms with E-state index < -0.39 is 15.9 Å². The number of aromatic nitrogens is 1. The van der Waals surface area contributed by atoms with Crippen molar-refractivity contribution < 1.29 is 13.2 Å². The molecule has 0 aliphatic heterocycles. The molecule has 1 aromatic heterocycles. The van der Waals surface area contributed by atoms with Gasteiger partial charge in [0, 0.05) is 31.5 Å². The van der Waals surface area contributed by atoms with Gasteiger partial charge in [0.15, 0.2) is 5.13 Å². The lowest BCUT2D eigenvalue weighted by Gasteiger charge is -2.20. The van der Waals surface area contributed by atoms with Crippen molar-refractivity contribution in [1.82, 2.24) is 9.29 Å².